The Bertz CT molecular complexity index is 943. The molecular weight excluding hydrogens is 303 g/mol. The number of carbonyl (C=O) groups is 1. The number of carboxylic acid groups (broad SMARTS) is 1. The average Bonchev–Trinajstić information content (AvgIpc) is 2.61. The van der Waals surface area contributed by atoms with Gasteiger partial charge in [-0.25, -0.2) is 4.79 Å². The lowest BCUT2D eigenvalue weighted by molar-refractivity contribution is 0.0698. The third-order valence-electron chi connectivity index (χ3n) is 4.24. The second kappa shape index (κ2) is 5.64. The summed E-state index contributed by atoms with van der Waals surface area (Å²) in [6.45, 7) is 0. The van der Waals surface area contributed by atoms with E-state index in [1.54, 1.807) is 12.1 Å². The predicted octanol–water partition coefficient (Wildman–Crippen LogP) is 4.00. The van der Waals surface area contributed by atoms with Crippen molar-refractivity contribution in [3.63, 3.8) is 0 Å². The van der Waals surface area contributed by atoms with Crippen molar-refractivity contribution in [2.75, 3.05) is 6.16 Å². The van der Waals surface area contributed by atoms with E-state index in [0.29, 0.717) is 5.56 Å². The molecule has 112 valence electrons. The van der Waals surface area contributed by atoms with Gasteiger partial charge in [-0.05, 0) is 47.1 Å². The summed E-state index contributed by atoms with van der Waals surface area (Å²) in [5.41, 5.74) is 1.66. The molecule has 23 heavy (non-hydrogen) atoms. The Morgan fingerprint density at radius 2 is 1.70 bits per heavy atom. The first kappa shape index (κ1) is 14.2. The lowest BCUT2D eigenvalue weighted by Gasteiger charge is -2.25. The van der Waals surface area contributed by atoms with Gasteiger partial charge >= 0.3 is 5.97 Å². The van der Waals surface area contributed by atoms with Crippen LogP contribution in [0.1, 0.15) is 15.9 Å². The van der Waals surface area contributed by atoms with E-state index in [9.17, 15) is 9.90 Å². The van der Waals surface area contributed by atoms with E-state index in [1.807, 2.05) is 18.2 Å². The van der Waals surface area contributed by atoms with Crippen LogP contribution in [0.5, 0.6) is 0 Å². The van der Waals surface area contributed by atoms with Crippen molar-refractivity contribution < 1.29 is 9.90 Å². The SMILES string of the molecule is O=C(O)c1ccccc1P1CC=Cc2c1ccc1ccccc21. The second-order valence-corrected chi connectivity index (χ2v) is 7.74. The molecule has 0 radical (unpaired) electrons. The molecule has 0 saturated carbocycles. The van der Waals surface area contributed by atoms with E-state index in [2.05, 4.69) is 42.5 Å². The fourth-order valence-electron chi connectivity index (χ4n) is 3.19. The molecule has 1 aliphatic heterocycles. The number of aromatic carboxylic acids is 1. The fraction of sp³-hybridized carbons (Fsp3) is 0.0500. The zero-order valence-corrected chi connectivity index (χ0v) is 13.3. The minimum absolute atomic E-state index is 0.424. The highest BCUT2D eigenvalue weighted by Gasteiger charge is 2.23. The van der Waals surface area contributed by atoms with Crippen molar-refractivity contribution in [3.8, 4) is 0 Å². The van der Waals surface area contributed by atoms with Crippen LogP contribution < -0.4 is 10.6 Å². The molecule has 1 atom stereocenters. The molecule has 4 rings (SSSR count). The molecule has 2 nitrogen and oxygen atoms in total. The maximum Gasteiger partial charge on any atom is 0.336 e. The lowest BCUT2D eigenvalue weighted by Crippen LogP contribution is -2.23. The Balaban J connectivity index is 1.94. The van der Waals surface area contributed by atoms with Crippen LogP contribution in [0.15, 0.2) is 66.7 Å². The van der Waals surface area contributed by atoms with Gasteiger partial charge < -0.3 is 5.11 Å². The number of allylic oxidation sites excluding steroid dienone is 1. The topological polar surface area (TPSA) is 37.3 Å². The first-order chi connectivity index (χ1) is 11.3. The number of hydrogen-bond acceptors (Lipinski definition) is 1. The smallest absolute Gasteiger partial charge is 0.336 e. The zero-order chi connectivity index (χ0) is 15.8. The maximum absolute atomic E-state index is 11.6. The molecule has 1 N–H and O–H groups in total. The summed E-state index contributed by atoms with van der Waals surface area (Å²) in [5, 5.41) is 14.2. The number of carboxylic acids is 1. The quantitative estimate of drug-likeness (QED) is 0.725. The first-order valence-corrected chi connectivity index (χ1v) is 9.06. The van der Waals surface area contributed by atoms with Crippen LogP contribution in [0, 0.1) is 0 Å². The highest BCUT2D eigenvalue weighted by atomic mass is 31.1. The Hall–Kier alpha value is -2.44. The third kappa shape index (κ3) is 2.36. The van der Waals surface area contributed by atoms with Crippen molar-refractivity contribution in [3.05, 3.63) is 77.9 Å². The molecule has 3 aromatic rings. The minimum Gasteiger partial charge on any atom is -0.478 e. The molecule has 3 aromatic carbocycles. The molecule has 1 heterocycles. The molecule has 0 aliphatic carbocycles. The Kier molecular flexibility index (Phi) is 3.48. The van der Waals surface area contributed by atoms with Gasteiger partial charge in [0.05, 0.1) is 5.56 Å². The highest BCUT2D eigenvalue weighted by molar-refractivity contribution is 7.73. The predicted molar refractivity (Wildman–Crippen MR) is 97.4 cm³/mol. The van der Waals surface area contributed by atoms with Crippen molar-refractivity contribution >= 4 is 41.3 Å². The van der Waals surface area contributed by atoms with Gasteiger partial charge in [0.25, 0.3) is 0 Å². The number of hydrogen-bond donors (Lipinski definition) is 1. The van der Waals surface area contributed by atoms with Crippen molar-refractivity contribution in [1.82, 2.24) is 0 Å². The van der Waals surface area contributed by atoms with Crippen LogP contribution in [-0.2, 0) is 0 Å². The van der Waals surface area contributed by atoms with Gasteiger partial charge in [0, 0.05) is 0 Å². The second-order valence-electron chi connectivity index (χ2n) is 5.55. The third-order valence-corrected chi connectivity index (χ3v) is 6.76. The Labute approximate surface area is 135 Å². The number of rotatable bonds is 2. The first-order valence-electron chi connectivity index (χ1n) is 7.54. The van der Waals surface area contributed by atoms with Crippen LogP contribution >= 0.6 is 7.92 Å². The van der Waals surface area contributed by atoms with Crippen LogP contribution in [0.2, 0.25) is 0 Å². The standard InChI is InChI=1S/C20H15O2P/c21-20(22)17-8-3-4-10-18(17)23-13-5-9-16-15-7-2-1-6-14(15)11-12-19(16)23/h1-12H,13H2,(H,21,22). The van der Waals surface area contributed by atoms with E-state index in [1.165, 1.54) is 21.6 Å². The Morgan fingerprint density at radius 1 is 0.913 bits per heavy atom. The van der Waals surface area contributed by atoms with Crippen molar-refractivity contribution in [2.24, 2.45) is 0 Å². The van der Waals surface area contributed by atoms with Gasteiger partial charge in [0.15, 0.2) is 0 Å². The molecule has 0 spiro atoms. The summed E-state index contributed by atoms with van der Waals surface area (Å²) in [5.74, 6) is -0.847. The van der Waals surface area contributed by atoms with E-state index in [4.69, 9.17) is 0 Å². The minimum atomic E-state index is -0.847. The Morgan fingerprint density at radius 3 is 2.57 bits per heavy atom. The molecule has 3 heteroatoms. The summed E-state index contributed by atoms with van der Waals surface area (Å²) in [6.07, 6.45) is 5.25. The van der Waals surface area contributed by atoms with E-state index < -0.39 is 13.9 Å². The summed E-state index contributed by atoms with van der Waals surface area (Å²) in [7, 11) is -0.677. The summed E-state index contributed by atoms with van der Waals surface area (Å²) < 4.78 is 0. The molecule has 1 aliphatic rings. The zero-order valence-electron chi connectivity index (χ0n) is 12.4. The number of benzene rings is 3. The average molecular weight is 318 g/mol. The molecule has 1 unspecified atom stereocenters. The van der Waals surface area contributed by atoms with Crippen LogP contribution in [0.4, 0.5) is 0 Å². The van der Waals surface area contributed by atoms with Crippen LogP contribution in [0.25, 0.3) is 16.8 Å². The van der Waals surface area contributed by atoms with Gasteiger partial charge in [0.1, 0.15) is 0 Å². The van der Waals surface area contributed by atoms with E-state index >= 15 is 0 Å². The highest BCUT2D eigenvalue weighted by Crippen LogP contribution is 2.41. The van der Waals surface area contributed by atoms with Gasteiger partial charge in [-0.15, -0.1) is 0 Å². The normalized spacial score (nSPS) is 16.3. The van der Waals surface area contributed by atoms with Crippen molar-refractivity contribution in [1.29, 1.82) is 0 Å². The monoisotopic (exact) mass is 318 g/mol. The van der Waals surface area contributed by atoms with Gasteiger partial charge in [0.2, 0.25) is 0 Å². The summed E-state index contributed by atoms with van der Waals surface area (Å²) in [6, 6.07) is 20.1. The van der Waals surface area contributed by atoms with E-state index in [-0.39, 0.29) is 0 Å². The summed E-state index contributed by atoms with van der Waals surface area (Å²) >= 11 is 0. The van der Waals surface area contributed by atoms with Crippen molar-refractivity contribution in [2.45, 2.75) is 0 Å². The molecule has 0 fully saturated rings. The molecule has 0 bridgehead atoms. The van der Waals surface area contributed by atoms with Gasteiger partial charge in [-0.3, -0.25) is 0 Å². The van der Waals surface area contributed by atoms with Gasteiger partial charge in [-0.1, -0.05) is 66.7 Å². The van der Waals surface area contributed by atoms with Crippen LogP contribution in [0.3, 0.4) is 0 Å². The lowest BCUT2D eigenvalue weighted by atomic mass is 10.0. The fourth-order valence-corrected chi connectivity index (χ4v) is 5.62. The summed E-state index contributed by atoms with van der Waals surface area (Å²) in [4.78, 5) is 11.6. The molecule has 0 amide bonds. The number of fused-ring (bicyclic) bond motifs is 3. The molecular formula is C20H15O2P. The molecule has 0 aromatic heterocycles. The van der Waals surface area contributed by atoms with E-state index in [0.717, 1.165) is 11.5 Å². The van der Waals surface area contributed by atoms with Gasteiger partial charge in [-0.2, -0.15) is 0 Å². The maximum atomic E-state index is 11.6. The molecule has 0 saturated heterocycles. The van der Waals surface area contributed by atoms with Crippen LogP contribution in [-0.4, -0.2) is 17.2 Å². The largest absolute Gasteiger partial charge is 0.478 e.